The maximum Gasteiger partial charge on any atom is 0.277 e. The van der Waals surface area contributed by atoms with Crippen LogP contribution in [-0.2, 0) is 4.79 Å². The lowest BCUT2D eigenvalue weighted by atomic mass is 10.1. The molecule has 1 aromatic heterocycles. The second-order valence-electron chi connectivity index (χ2n) is 5.44. The second-order valence-corrected chi connectivity index (χ2v) is 5.44. The number of nitrogens with one attached hydrogen (secondary N) is 2. The average molecular weight is 335 g/mol. The van der Waals surface area contributed by atoms with E-state index in [1.165, 1.54) is 0 Å². The van der Waals surface area contributed by atoms with Crippen LogP contribution in [0.2, 0.25) is 0 Å². The molecule has 1 aliphatic heterocycles. The number of benzene rings is 2. The van der Waals surface area contributed by atoms with Crippen LogP contribution in [0.25, 0.3) is 11.3 Å². The number of amides is 2. The fraction of sp³-hybridized carbons (Fsp3) is 0.0556. The van der Waals surface area contributed by atoms with Gasteiger partial charge in [-0.25, -0.2) is 0 Å². The Bertz CT molecular complexity index is 950. The molecule has 0 bridgehead atoms. The van der Waals surface area contributed by atoms with Crippen LogP contribution in [0.1, 0.15) is 10.5 Å². The molecule has 0 unspecified atom stereocenters. The highest BCUT2D eigenvalue weighted by Gasteiger charge is 2.18. The number of hydrogen-bond acceptors (Lipinski definition) is 5. The lowest BCUT2D eigenvalue weighted by molar-refractivity contribution is -0.118. The Balaban J connectivity index is 1.52. The summed E-state index contributed by atoms with van der Waals surface area (Å²) in [5.41, 5.74) is 2.03. The van der Waals surface area contributed by atoms with Gasteiger partial charge in [-0.3, -0.25) is 9.59 Å². The first-order valence-electron chi connectivity index (χ1n) is 7.59. The second kappa shape index (κ2) is 6.12. The standard InChI is InChI=1S/C18H13N3O4/c22-17-10-24-15-7-6-12(8-13(15)20-17)19-18(23)14-9-16(25-21-14)11-4-2-1-3-5-11/h1-9H,10H2,(H,19,23)(H,20,22). The fourth-order valence-corrected chi connectivity index (χ4v) is 2.48. The van der Waals surface area contributed by atoms with Crippen molar-refractivity contribution in [2.75, 3.05) is 17.2 Å². The third kappa shape index (κ3) is 3.07. The zero-order chi connectivity index (χ0) is 17.2. The van der Waals surface area contributed by atoms with Gasteiger partial charge in [-0.1, -0.05) is 35.5 Å². The molecule has 4 rings (SSSR count). The number of aromatic nitrogens is 1. The van der Waals surface area contributed by atoms with Gasteiger partial charge in [-0.05, 0) is 18.2 Å². The first-order valence-corrected chi connectivity index (χ1v) is 7.59. The molecule has 2 amide bonds. The van der Waals surface area contributed by atoms with Gasteiger partial charge in [0.05, 0.1) is 5.69 Å². The molecule has 0 spiro atoms. The number of rotatable bonds is 3. The van der Waals surface area contributed by atoms with Crippen LogP contribution in [-0.4, -0.2) is 23.6 Å². The molecule has 7 nitrogen and oxygen atoms in total. The molecular weight excluding hydrogens is 322 g/mol. The topological polar surface area (TPSA) is 93.5 Å². The van der Waals surface area contributed by atoms with Gasteiger partial charge >= 0.3 is 0 Å². The van der Waals surface area contributed by atoms with Crippen LogP contribution in [0.4, 0.5) is 11.4 Å². The minimum Gasteiger partial charge on any atom is -0.482 e. The van der Waals surface area contributed by atoms with E-state index in [1.54, 1.807) is 24.3 Å². The molecule has 3 aromatic rings. The molecule has 2 heterocycles. The summed E-state index contributed by atoms with van der Waals surface area (Å²) in [6.45, 7) is -0.0140. The number of hydrogen-bond donors (Lipinski definition) is 2. The third-order valence-corrected chi connectivity index (χ3v) is 3.67. The highest BCUT2D eigenvalue weighted by Crippen LogP contribution is 2.30. The molecular formula is C18H13N3O4. The van der Waals surface area contributed by atoms with Crippen molar-refractivity contribution in [3.8, 4) is 17.1 Å². The van der Waals surface area contributed by atoms with Crippen LogP contribution < -0.4 is 15.4 Å². The van der Waals surface area contributed by atoms with E-state index < -0.39 is 5.91 Å². The van der Waals surface area contributed by atoms with Crippen molar-refractivity contribution >= 4 is 23.2 Å². The van der Waals surface area contributed by atoms with E-state index in [1.807, 2.05) is 30.3 Å². The number of nitrogens with zero attached hydrogens (tertiary/aromatic N) is 1. The van der Waals surface area contributed by atoms with Gasteiger partial charge in [-0.2, -0.15) is 0 Å². The van der Waals surface area contributed by atoms with Crippen molar-refractivity contribution in [2.24, 2.45) is 0 Å². The molecule has 0 saturated heterocycles. The maximum atomic E-state index is 12.3. The van der Waals surface area contributed by atoms with Crippen molar-refractivity contribution in [2.45, 2.75) is 0 Å². The van der Waals surface area contributed by atoms with Crippen LogP contribution >= 0.6 is 0 Å². The predicted octanol–water partition coefficient (Wildman–Crippen LogP) is 2.92. The lowest BCUT2D eigenvalue weighted by Crippen LogP contribution is -2.25. The first kappa shape index (κ1) is 14.9. The Morgan fingerprint density at radius 3 is 2.80 bits per heavy atom. The SMILES string of the molecule is O=C1COc2ccc(NC(=O)c3cc(-c4ccccc4)on3)cc2N1. The first-order chi connectivity index (χ1) is 12.2. The van der Waals surface area contributed by atoms with Crippen LogP contribution in [0, 0.1) is 0 Å². The Morgan fingerprint density at radius 2 is 1.96 bits per heavy atom. The van der Waals surface area contributed by atoms with Crippen molar-refractivity contribution in [3.63, 3.8) is 0 Å². The summed E-state index contributed by atoms with van der Waals surface area (Å²) in [6.07, 6.45) is 0. The predicted molar refractivity (Wildman–Crippen MR) is 90.5 cm³/mol. The van der Waals surface area contributed by atoms with Gasteiger partial charge in [-0.15, -0.1) is 0 Å². The molecule has 1 aliphatic rings. The lowest BCUT2D eigenvalue weighted by Gasteiger charge is -2.18. The molecule has 2 N–H and O–H groups in total. The third-order valence-electron chi connectivity index (χ3n) is 3.67. The molecule has 124 valence electrons. The molecule has 0 fully saturated rings. The minimum atomic E-state index is -0.408. The molecule has 25 heavy (non-hydrogen) atoms. The Hall–Kier alpha value is -3.61. The summed E-state index contributed by atoms with van der Waals surface area (Å²) in [5, 5.41) is 9.22. The van der Waals surface area contributed by atoms with Gasteiger partial charge in [0.15, 0.2) is 18.1 Å². The van der Waals surface area contributed by atoms with Gasteiger partial charge in [0.25, 0.3) is 11.8 Å². The summed E-state index contributed by atoms with van der Waals surface area (Å²) in [4.78, 5) is 23.7. The normalized spacial score (nSPS) is 12.7. The van der Waals surface area contributed by atoms with E-state index in [0.717, 1.165) is 5.56 Å². The van der Waals surface area contributed by atoms with Crippen LogP contribution in [0.5, 0.6) is 5.75 Å². The molecule has 0 radical (unpaired) electrons. The fourth-order valence-electron chi connectivity index (χ4n) is 2.48. The number of carbonyl (C=O) groups excluding carboxylic acids is 2. The van der Waals surface area contributed by atoms with Crippen molar-refractivity contribution < 1.29 is 18.8 Å². The number of carbonyl (C=O) groups is 2. The van der Waals surface area contributed by atoms with Crippen LogP contribution in [0.15, 0.2) is 59.1 Å². The number of anilines is 2. The Morgan fingerprint density at radius 1 is 1.12 bits per heavy atom. The van der Waals surface area contributed by atoms with Gasteiger partial charge in [0, 0.05) is 17.3 Å². The zero-order valence-electron chi connectivity index (χ0n) is 13.0. The van der Waals surface area contributed by atoms with E-state index in [-0.39, 0.29) is 18.2 Å². The van der Waals surface area contributed by atoms with Crippen molar-refractivity contribution in [3.05, 3.63) is 60.3 Å². The van der Waals surface area contributed by atoms with Crippen molar-refractivity contribution in [1.29, 1.82) is 0 Å². The summed E-state index contributed by atoms with van der Waals surface area (Å²) in [7, 11) is 0. The van der Waals surface area contributed by atoms with E-state index in [4.69, 9.17) is 9.26 Å². The average Bonchev–Trinajstić information content (AvgIpc) is 3.12. The number of ether oxygens (including phenoxy) is 1. The molecule has 0 saturated carbocycles. The molecule has 0 atom stereocenters. The van der Waals surface area contributed by atoms with E-state index in [2.05, 4.69) is 15.8 Å². The zero-order valence-corrected chi connectivity index (χ0v) is 13.0. The van der Waals surface area contributed by atoms with Gasteiger partial charge in [0.2, 0.25) is 0 Å². The molecule has 2 aromatic carbocycles. The number of fused-ring (bicyclic) bond motifs is 1. The summed E-state index contributed by atoms with van der Waals surface area (Å²) in [6, 6.07) is 16.0. The van der Waals surface area contributed by atoms with E-state index in [0.29, 0.717) is 22.9 Å². The van der Waals surface area contributed by atoms with E-state index in [9.17, 15) is 9.59 Å². The van der Waals surface area contributed by atoms with Crippen LogP contribution in [0.3, 0.4) is 0 Å². The highest BCUT2D eigenvalue weighted by atomic mass is 16.5. The summed E-state index contributed by atoms with van der Waals surface area (Å²) in [5.74, 6) is 0.427. The van der Waals surface area contributed by atoms with Gasteiger partial charge in [0.1, 0.15) is 5.75 Å². The minimum absolute atomic E-state index is 0.0140. The molecule has 0 aliphatic carbocycles. The quantitative estimate of drug-likeness (QED) is 0.767. The maximum absolute atomic E-state index is 12.3. The van der Waals surface area contributed by atoms with Gasteiger partial charge < -0.3 is 19.9 Å². The smallest absolute Gasteiger partial charge is 0.277 e. The summed E-state index contributed by atoms with van der Waals surface area (Å²) >= 11 is 0. The Labute approximate surface area is 142 Å². The Kier molecular flexibility index (Phi) is 3.66. The van der Waals surface area contributed by atoms with Crippen molar-refractivity contribution in [1.82, 2.24) is 5.16 Å². The monoisotopic (exact) mass is 335 g/mol. The largest absolute Gasteiger partial charge is 0.482 e. The summed E-state index contributed by atoms with van der Waals surface area (Å²) < 4.78 is 10.5. The van der Waals surface area contributed by atoms with E-state index >= 15 is 0 Å². The molecule has 7 heteroatoms. The highest BCUT2D eigenvalue weighted by molar-refractivity contribution is 6.04.